The Labute approximate surface area is 84.7 Å². The van der Waals surface area contributed by atoms with Crippen molar-refractivity contribution in [2.75, 3.05) is 5.32 Å². The largest absolute Gasteiger partial charge is 0.301 e. The van der Waals surface area contributed by atoms with Crippen LogP contribution in [0.15, 0.2) is 22.8 Å². The summed E-state index contributed by atoms with van der Waals surface area (Å²) in [6, 6.07) is 5.26. The van der Waals surface area contributed by atoms with Crippen LogP contribution in [0.5, 0.6) is 0 Å². The summed E-state index contributed by atoms with van der Waals surface area (Å²) >= 11 is 3.19. The van der Waals surface area contributed by atoms with Gasteiger partial charge in [0.05, 0.1) is 0 Å². The van der Waals surface area contributed by atoms with E-state index in [-0.39, 0.29) is 5.91 Å². The number of nitrogens with zero attached hydrogens (tertiary/aromatic N) is 1. The van der Waals surface area contributed by atoms with E-state index in [9.17, 15) is 4.79 Å². The van der Waals surface area contributed by atoms with E-state index in [2.05, 4.69) is 38.1 Å². The van der Waals surface area contributed by atoms with Gasteiger partial charge >= 0.3 is 5.91 Å². The van der Waals surface area contributed by atoms with Crippen LogP contribution in [0.25, 0.3) is 0 Å². The molecule has 0 aliphatic heterocycles. The molecule has 1 amide bonds. The van der Waals surface area contributed by atoms with Crippen molar-refractivity contribution < 1.29 is 4.79 Å². The standard InChI is InChI=1S/C9H7BrN2O/c1-2-4-9(13)12-8-6-3-5-7(10)11-8/h3,5-6H,1H3,(H,11,12,13). The fourth-order valence-electron chi connectivity index (χ4n) is 0.739. The second-order valence-electron chi connectivity index (χ2n) is 2.17. The fraction of sp³-hybridized carbons (Fsp3) is 0.111. The highest BCUT2D eigenvalue weighted by Crippen LogP contribution is 2.09. The highest BCUT2D eigenvalue weighted by Gasteiger charge is 1.98. The van der Waals surface area contributed by atoms with Crippen molar-refractivity contribution >= 4 is 27.7 Å². The second-order valence-corrected chi connectivity index (χ2v) is 2.99. The summed E-state index contributed by atoms with van der Waals surface area (Å²) in [5.41, 5.74) is 0. The van der Waals surface area contributed by atoms with Crippen LogP contribution in [0, 0.1) is 11.8 Å². The van der Waals surface area contributed by atoms with E-state index in [1.165, 1.54) is 0 Å². The van der Waals surface area contributed by atoms with E-state index >= 15 is 0 Å². The van der Waals surface area contributed by atoms with Gasteiger partial charge in [0.1, 0.15) is 10.4 Å². The van der Waals surface area contributed by atoms with Crippen LogP contribution in [0.4, 0.5) is 5.82 Å². The van der Waals surface area contributed by atoms with Crippen LogP contribution in [0.1, 0.15) is 6.92 Å². The number of carbonyl (C=O) groups excluding carboxylic acids is 1. The van der Waals surface area contributed by atoms with Crippen molar-refractivity contribution in [3.05, 3.63) is 22.8 Å². The third kappa shape index (κ3) is 3.26. The van der Waals surface area contributed by atoms with Gasteiger partial charge in [-0.15, -0.1) is 0 Å². The molecule has 0 aromatic carbocycles. The van der Waals surface area contributed by atoms with E-state index in [0.29, 0.717) is 10.4 Å². The highest BCUT2D eigenvalue weighted by molar-refractivity contribution is 9.10. The van der Waals surface area contributed by atoms with Gasteiger partial charge in [0.2, 0.25) is 0 Å². The zero-order valence-corrected chi connectivity index (χ0v) is 8.55. The summed E-state index contributed by atoms with van der Waals surface area (Å²) < 4.78 is 0.676. The minimum absolute atomic E-state index is 0.354. The summed E-state index contributed by atoms with van der Waals surface area (Å²) in [5.74, 6) is 4.99. The van der Waals surface area contributed by atoms with Gasteiger partial charge in [0, 0.05) is 0 Å². The molecular formula is C9H7BrN2O. The summed E-state index contributed by atoms with van der Waals surface area (Å²) in [4.78, 5) is 15.0. The van der Waals surface area contributed by atoms with Gasteiger partial charge in [-0.25, -0.2) is 4.98 Å². The second kappa shape index (κ2) is 4.63. The maximum Gasteiger partial charge on any atom is 0.301 e. The number of carbonyl (C=O) groups is 1. The molecule has 0 unspecified atom stereocenters. The van der Waals surface area contributed by atoms with E-state index in [1.807, 2.05) is 0 Å². The Balaban J connectivity index is 2.73. The molecule has 0 bridgehead atoms. The Morgan fingerprint density at radius 2 is 2.38 bits per heavy atom. The first-order chi connectivity index (χ1) is 6.22. The van der Waals surface area contributed by atoms with Gasteiger partial charge in [0.15, 0.2) is 0 Å². The first-order valence-corrected chi connectivity index (χ1v) is 4.38. The summed E-state index contributed by atoms with van der Waals surface area (Å²) in [6.45, 7) is 1.61. The van der Waals surface area contributed by atoms with Gasteiger partial charge in [-0.3, -0.25) is 10.1 Å². The topological polar surface area (TPSA) is 42.0 Å². The Morgan fingerprint density at radius 3 is 3.00 bits per heavy atom. The molecule has 4 heteroatoms. The third-order valence-electron chi connectivity index (χ3n) is 1.20. The molecule has 0 spiro atoms. The number of hydrogen-bond donors (Lipinski definition) is 1. The summed E-state index contributed by atoms with van der Waals surface area (Å²) in [7, 11) is 0. The average Bonchev–Trinajstić information content (AvgIpc) is 2.04. The minimum Gasteiger partial charge on any atom is -0.300 e. The smallest absolute Gasteiger partial charge is 0.300 e. The monoisotopic (exact) mass is 238 g/mol. The molecule has 0 fully saturated rings. The van der Waals surface area contributed by atoms with Crippen LogP contribution >= 0.6 is 15.9 Å². The number of nitrogens with one attached hydrogen (secondary N) is 1. The van der Waals surface area contributed by atoms with Crippen LogP contribution in [-0.4, -0.2) is 10.9 Å². The number of rotatable bonds is 1. The van der Waals surface area contributed by atoms with Gasteiger partial charge < -0.3 is 0 Å². The van der Waals surface area contributed by atoms with Crippen molar-refractivity contribution in [3.63, 3.8) is 0 Å². The van der Waals surface area contributed by atoms with Gasteiger partial charge in [-0.1, -0.05) is 12.0 Å². The van der Waals surface area contributed by atoms with Gasteiger partial charge in [-0.2, -0.15) is 0 Å². The summed E-state index contributed by atoms with van der Waals surface area (Å²) in [6.07, 6.45) is 0. The van der Waals surface area contributed by atoms with Crippen LogP contribution in [0.3, 0.4) is 0 Å². The van der Waals surface area contributed by atoms with Crippen molar-refractivity contribution in [1.82, 2.24) is 4.98 Å². The predicted molar refractivity (Wildman–Crippen MR) is 54.0 cm³/mol. The first kappa shape index (κ1) is 9.75. The molecule has 0 aliphatic rings. The minimum atomic E-state index is -0.354. The zero-order chi connectivity index (χ0) is 9.68. The molecule has 1 rings (SSSR count). The van der Waals surface area contributed by atoms with E-state index in [4.69, 9.17) is 0 Å². The number of pyridine rings is 1. The Kier molecular flexibility index (Phi) is 3.47. The lowest BCUT2D eigenvalue weighted by Gasteiger charge is -1.98. The lowest BCUT2D eigenvalue weighted by molar-refractivity contribution is -0.111. The van der Waals surface area contributed by atoms with Gasteiger partial charge in [-0.05, 0) is 40.9 Å². The number of aromatic nitrogens is 1. The van der Waals surface area contributed by atoms with Crippen molar-refractivity contribution in [2.24, 2.45) is 0 Å². The van der Waals surface area contributed by atoms with Crippen molar-refractivity contribution in [1.29, 1.82) is 0 Å². The van der Waals surface area contributed by atoms with Crippen LogP contribution in [0.2, 0.25) is 0 Å². The predicted octanol–water partition coefficient (Wildman–Crippen LogP) is 1.81. The molecule has 13 heavy (non-hydrogen) atoms. The highest BCUT2D eigenvalue weighted by atomic mass is 79.9. The fourth-order valence-corrected chi connectivity index (χ4v) is 1.08. The lowest BCUT2D eigenvalue weighted by atomic mass is 10.4. The molecule has 0 atom stereocenters. The SMILES string of the molecule is CC#CC(=O)Nc1cccc(Br)n1. The quantitative estimate of drug-likeness (QED) is 0.599. The molecule has 1 N–H and O–H groups in total. The lowest BCUT2D eigenvalue weighted by Crippen LogP contribution is -2.09. The summed E-state index contributed by atoms with van der Waals surface area (Å²) in [5, 5.41) is 2.53. The molecule has 3 nitrogen and oxygen atoms in total. The first-order valence-electron chi connectivity index (χ1n) is 3.58. The number of halogens is 1. The van der Waals surface area contributed by atoms with Crippen molar-refractivity contribution in [2.45, 2.75) is 6.92 Å². The number of amides is 1. The average molecular weight is 239 g/mol. The molecule has 66 valence electrons. The number of anilines is 1. The van der Waals surface area contributed by atoms with Crippen LogP contribution in [-0.2, 0) is 4.79 Å². The normalized spacial score (nSPS) is 8.46. The van der Waals surface area contributed by atoms with Crippen molar-refractivity contribution in [3.8, 4) is 11.8 Å². The Hall–Kier alpha value is -1.34. The zero-order valence-electron chi connectivity index (χ0n) is 6.97. The Morgan fingerprint density at radius 1 is 1.62 bits per heavy atom. The molecule has 0 aliphatic carbocycles. The molecular weight excluding hydrogens is 232 g/mol. The molecule has 1 heterocycles. The third-order valence-corrected chi connectivity index (χ3v) is 1.64. The molecule has 0 radical (unpaired) electrons. The molecule has 1 aromatic heterocycles. The number of hydrogen-bond acceptors (Lipinski definition) is 2. The van der Waals surface area contributed by atoms with Crippen LogP contribution < -0.4 is 5.32 Å². The van der Waals surface area contributed by atoms with E-state index in [0.717, 1.165) is 0 Å². The van der Waals surface area contributed by atoms with E-state index < -0.39 is 0 Å². The maximum atomic E-state index is 11.0. The Bertz CT molecular complexity index is 379. The van der Waals surface area contributed by atoms with Gasteiger partial charge in [0.25, 0.3) is 0 Å². The van der Waals surface area contributed by atoms with E-state index in [1.54, 1.807) is 25.1 Å². The molecule has 0 saturated carbocycles. The molecule has 0 saturated heterocycles. The maximum absolute atomic E-state index is 11.0. The molecule has 1 aromatic rings.